The topological polar surface area (TPSA) is 54.5 Å². The second-order valence-corrected chi connectivity index (χ2v) is 3.65. The van der Waals surface area contributed by atoms with E-state index < -0.39 is 6.10 Å². The molecule has 90 valence electrons. The van der Waals surface area contributed by atoms with Crippen LogP contribution in [0.15, 0.2) is 36.7 Å². The van der Waals surface area contributed by atoms with Crippen LogP contribution >= 0.6 is 0 Å². The van der Waals surface area contributed by atoms with Gasteiger partial charge < -0.3 is 19.6 Å². The molecule has 0 fully saturated rings. The lowest BCUT2D eigenvalue weighted by Crippen LogP contribution is -2.02. The second kappa shape index (κ2) is 4.93. The molecule has 1 atom stereocenters. The van der Waals surface area contributed by atoms with Crippen LogP contribution in [0.2, 0.25) is 0 Å². The molecular weight excluding hydrogens is 218 g/mol. The molecule has 0 aliphatic carbocycles. The largest absolute Gasteiger partial charge is 0.497 e. The number of aromatic amines is 1. The SMILES string of the molecule is COc1ccc(OC)c(C(O)c2cc[nH]c2)c1. The van der Waals surface area contributed by atoms with Crippen LogP contribution in [0, 0.1) is 0 Å². The number of H-pyrrole nitrogens is 1. The molecule has 0 radical (unpaired) electrons. The van der Waals surface area contributed by atoms with E-state index in [0.29, 0.717) is 17.1 Å². The van der Waals surface area contributed by atoms with Crippen LogP contribution < -0.4 is 9.47 Å². The summed E-state index contributed by atoms with van der Waals surface area (Å²) in [4.78, 5) is 2.91. The van der Waals surface area contributed by atoms with Crippen LogP contribution in [0.4, 0.5) is 0 Å². The predicted octanol–water partition coefficient (Wildman–Crippen LogP) is 2.11. The molecule has 0 aliphatic rings. The summed E-state index contributed by atoms with van der Waals surface area (Å²) in [5.41, 5.74) is 1.48. The third-order valence-electron chi connectivity index (χ3n) is 2.67. The van der Waals surface area contributed by atoms with Crippen molar-refractivity contribution in [3.05, 3.63) is 47.8 Å². The Kier molecular flexibility index (Phi) is 3.35. The monoisotopic (exact) mass is 233 g/mol. The zero-order chi connectivity index (χ0) is 12.3. The fourth-order valence-corrected chi connectivity index (χ4v) is 1.74. The van der Waals surface area contributed by atoms with E-state index in [2.05, 4.69) is 4.98 Å². The summed E-state index contributed by atoms with van der Waals surface area (Å²) in [6.07, 6.45) is 2.79. The van der Waals surface area contributed by atoms with E-state index in [1.165, 1.54) is 0 Å². The van der Waals surface area contributed by atoms with Crippen LogP contribution in [0.1, 0.15) is 17.2 Å². The first-order chi connectivity index (χ1) is 8.26. The lowest BCUT2D eigenvalue weighted by atomic mass is 10.0. The van der Waals surface area contributed by atoms with Gasteiger partial charge in [0.1, 0.15) is 17.6 Å². The molecule has 0 amide bonds. The highest BCUT2D eigenvalue weighted by Crippen LogP contribution is 2.32. The summed E-state index contributed by atoms with van der Waals surface area (Å²) in [5, 5.41) is 10.3. The van der Waals surface area contributed by atoms with Gasteiger partial charge >= 0.3 is 0 Å². The molecule has 2 aromatic rings. The van der Waals surface area contributed by atoms with E-state index in [-0.39, 0.29) is 0 Å². The van der Waals surface area contributed by atoms with Gasteiger partial charge in [0.25, 0.3) is 0 Å². The Morgan fingerprint density at radius 1 is 1.18 bits per heavy atom. The van der Waals surface area contributed by atoms with Crippen LogP contribution in [-0.2, 0) is 0 Å². The van der Waals surface area contributed by atoms with Crippen LogP contribution in [0.5, 0.6) is 11.5 Å². The fraction of sp³-hybridized carbons (Fsp3) is 0.231. The molecule has 0 bridgehead atoms. The summed E-state index contributed by atoms with van der Waals surface area (Å²) in [6.45, 7) is 0. The molecule has 2 N–H and O–H groups in total. The molecule has 1 heterocycles. The Morgan fingerprint density at radius 3 is 2.59 bits per heavy atom. The Hall–Kier alpha value is -1.94. The van der Waals surface area contributed by atoms with Crippen molar-refractivity contribution in [3.8, 4) is 11.5 Å². The van der Waals surface area contributed by atoms with E-state index in [1.54, 1.807) is 44.8 Å². The first kappa shape index (κ1) is 11.5. The number of benzene rings is 1. The zero-order valence-corrected chi connectivity index (χ0v) is 9.81. The van der Waals surface area contributed by atoms with Crippen molar-refractivity contribution in [1.29, 1.82) is 0 Å². The highest BCUT2D eigenvalue weighted by Gasteiger charge is 2.16. The van der Waals surface area contributed by atoms with E-state index in [9.17, 15) is 5.11 Å². The van der Waals surface area contributed by atoms with E-state index in [4.69, 9.17) is 9.47 Å². The van der Waals surface area contributed by atoms with E-state index in [1.807, 2.05) is 6.07 Å². The second-order valence-electron chi connectivity index (χ2n) is 3.65. The number of hydrogen-bond acceptors (Lipinski definition) is 3. The summed E-state index contributed by atoms with van der Waals surface area (Å²) >= 11 is 0. The van der Waals surface area contributed by atoms with Crippen LogP contribution in [0.25, 0.3) is 0 Å². The number of hydrogen-bond donors (Lipinski definition) is 2. The van der Waals surface area contributed by atoms with Crippen molar-refractivity contribution < 1.29 is 14.6 Å². The Morgan fingerprint density at radius 2 is 2.00 bits per heavy atom. The quantitative estimate of drug-likeness (QED) is 0.850. The van der Waals surface area contributed by atoms with Gasteiger partial charge in [-0.2, -0.15) is 0 Å². The lowest BCUT2D eigenvalue weighted by Gasteiger charge is -2.15. The zero-order valence-electron chi connectivity index (χ0n) is 9.81. The Labute approximate surface area is 99.8 Å². The fourth-order valence-electron chi connectivity index (χ4n) is 1.74. The first-order valence-electron chi connectivity index (χ1n) is 5.29. The van der Waals surface area contributed by atoms with Crippen molar-refractivity contribution in [1.82, 2.24) is 4.98 Å². The Balaban J connectivity index is 2.41. The van der Waals surface area contributed by atoms with Gasteiger partial charge in [0.15, 0.2) is 0 Å². The highest BCUT2D eigenvalue weighted by atomic mass is 16.5. The summed E-state index contributed by atoms with van der Waals surface area (Å²) < 4.78 is 10.4. The summed E-state index contributed by atoms with van der Waals surface area (Å²) in [6, 6.07) is 7.18. The van der Waals surface area contributed by atoms with Crippen LogP contribution in [-0.4, -0.2) is 24.3 Å². The molecule has 17 heavy (non-hydrogen) atoms. The Bertz CT molecular complexity index is 479. The smallest absolute Gasteiger partial charge is 0.125 e. The molecule has 0 saturated carbocycles. The molecule has 1 unspecified atom stereocenters. The van der Waals surface area contributed by atoms with Gasteiger partial charge in [-0.3, -0.25) is 0 Å². The van der Waals surface area contributed by atoms with E-state index >= 15 is 0 Å². The van der Waals surface area contributed by atoms with E-state index in [0.717, 1.165) is 5.56 Å². The molecule has 0 spiro atoms. The van der Waals surface area contributed by atoms with Crippen molar-refractivity contribution in [2.24, 2.45) is 0 Å². The standard InChI is InChI=1S/C13H15NO3/c1-16-10-3-4-12(17-2)11(7-10)13(15)9-5-6-14-8-9/h3-8,13-15H,1-2H3. The first-order valence-corrected chi connectivity index (χ1v) is 5.29. The number of nitrogens with one attached hydrogen (secondary N) is 1. The van der Waals surface area contributed by atoms with Gasteiger partial charge in [0.2, 0.25) is 0 Å². The molecular formula is C13H15NO3. The van der Waals surface area contributed by atoms with Crippen LogP contribution in [0.3, 0.4) is 0 Å². The summed E-state index contributed by atoms with van der Waals surface area (Å²) in [7, 11) is 3.17. The number of methoxy groups -OCH3 is 2. The van der Waals surface area contributed by atoms with Crippen molar-refractivity contribution in [2.75, 3.05) is 14.2 Å². The minimum absolute atomic E-state index is 0.638. The summed E-state index contributed by atoms with van der Waals surface area (Å²) in [5.74, 6) is 1.33. The molecule has 0 aliphatic heterocycles. The van der Waals surface area contributed by atoms with Crippen molar-refractivity contribution in [3.63, 3.8) is 0 Å². The van der Waals surface area contributed by atoms with Gasteiger partial charge in [0, 0.05) is 23.5 Å². The maximum absolute atomic E-state index is 10.3. The average molecular weight is 233 g/mol. The van der Waals surface area contributed by atoms with Gasteiger partial charge in [-0.1, -0.05) is 0 Å². The third-order valence-corrected chi connectivity index (χ3v) is 2.67. The van der Waals surface area contributed by atoms with Crippen molar-refractivity contribution in [2.45, 2.75) is 6.10 Å². The molecule has 0 saturated heterocycles. The van der Waals surface area contributed by atoms with Gasteiger partial charge in [-0.05, 0) is 24.3 Å². The number of rotatable bonds is 4. The number of aliphatic hydroxyl groups is 1. The minimum Gasteiger partial charge on any atom is -0.497 e. The maximum atomic E-state index is 10.3. The van der Waals surface area contributed by atoms with Gasteiger partial charge in [-0.25, -0.2) is 0 Å². The average Bonchev–Trinajstić information content (AvgIpc) is 2.91. The minimum atomic E-state index is -0.730. The maximum Gasteiger partial charge on any atom is 0.125 e. The number of ether oxygens (including phenoxy) is 2. The van der Waals surface area contributed by atoms with Gasteiger partial charge in [0.05, 0.1) is 14.2 Å². The molecule has 1 aromatic heterocycles. The lowest BCUT2D eigenvalue weighted by molar-refractivity contribution is 0.214. The third kappa shape index (κ3) is 2.26. The molecule has 4 nitrogen and oxygen atoms in total. The molecule has 4 heteroatoms. The molecule has 1 aromatic carbocycles. The normalized spacial score (nSPS) is 12.2. The predicted molar refractivity (Wildman–Crippen MR) is 64.4 cm³/mol. The van der Waals surface area contributed by atoms with Crippen molar-refractivity contribution >= 4 is 0 Å². The number of aliphatic hydroxyl groups excluding tert-OH is 1. The van der Waals surface area contributed by atoms with Gasteiger partial charge in [-0.15, -0.1) is 0 Å². The molecule has 2 rings (SSSR count). The number of aromatic nitrogens is 1. The highest BCUT2D eigenvalue weighted by molar-refractivity contribution is 5.44.